The van der Waals surface area contributed by atoms with E-state index in [0.717, 1.165) is 13.1 Å². The first-order valence-corrected chi connectivity index (χ1v) is 5.73. The number of hydrogen-bond donors (Lipinski definition) is 1. The van der Waals surface area contributed by atoms with E-state index in [9.17, 15) is 9.90 Å². The van der Waals surface area contributed by atoms with E-state index in [-0.39, 0.29) is 0 Å². The molecule has 0 aromatic carbocycles. The highest BCUT2D eigenvalue weighted by Gasteiger charge is 2.58. The molecule has 1 aliphatic carbocycles. The first-order chi connectivity index (χ1) is 7.17. The Kier molecular flexibility index (Phi) is 1.89. The average molecular weight is 211 g/mol. The quantitative estimate of drug-likeness (QED) is 0.731. The number of carboxylic acids is 1. The SMILES string of the molecule is O=C(O)C1(N2CC3(CCC3)C2)CCOC1. The summed E-state index contributed by atoms with van der Waals surface area (Å²) in [7, 11) is 0. The predicted molar refractivity (Wildman–Crippen MR) is 53.7 cm³/mol. The summed E-state index contributed by atoms with van der Waals surface area (Å²) in [5, 5.41) is 9.34. The molecular formula is C11H17NO3. The lowest BCUT2D eigenvalue weighted by atomic mass is 9.62. The first-order valence-electron chi connectivity index (χ1n) is 5.73. The first kappa shape index (κ1) is 9.60. The molecule has 0 aromatic heterocycles. The maximum atomic E-state index is 11.4. The lowest BCUT2D eigenvalue weighted by molar-refractivity contribution is -0.170. The number of ether oxygens (including phenoxy) is 1. The second-order valence-electron chi connectivity index (χ2n) is 5.35. The lowest BCUT2D eigenvalue weighted by Gasteiger charge is -2.60. The largest absolute Gasteiger partial charge is 0.480 e. The Bertz CT molecular complexity index is 284. The van der Waals surface area contributed by atoms with Gasteiger partial charge in [0.1, 0.15) is 5.54 Å². The van der Waals surface area contributed by atoms with Crippen molar-refractivity contribution in [2.24, 2.45) is 5.41 Å². The monoisotopic (exact) mass is 211 g/mol. The standard InChI is InChI=1S/C11H17NO3/c13-9(14)11(4-5-15-8-11)12-6-10(7-12)2-1-3-10/h1-8H2,(H,13,14). The van der Waals surface area contributed by atoms with Gasteiger partial charge in [0.15, 0.2) is 0 Å². The normalized spacial score (nSPS) is 38.7. The molecule has 3 rings (SSSR count). The lowest BCUT2D eigenvalue weighted by Crippen LogP contribution is -2.70. The molecule has 0 amide bonds. The van der Waals surface area contributed by atoms with Crippen molar-refractivity contribution in [1.82, 2.24) is 4.90 Å². The molecule has 1 atom stereocenters. The Balaban J connectivity index is 1.72. The van der Waals surface area contributed by atoms with E-state index in [1.807, 2.05) is 0 Å². The second kappa shape index (κ2) is 2.95. The van der Waals surface area contributed by atoms with Crippen LogP contribution in [0.3, 0.4) is 0 Å². The van der Waals surface area contributed by atoms with Gasteiger partial charge < -0.3 is 9.84 Å². The van der Waals surface area contributed by atoms with Crippen molar-refractivity contribution in [3.8, 4) is 0 Å². The molecule has 2 heterocycles. The maximum Gasteiger partial charge on any atom is 0.326 e. The molecule has 1 spiro atoms. The van der Waals surface area contributed by atoms with Crippen LogP contribution in [0.4, 0.5) is 0 Å². The van der Waals surface area contributed by atoms with Gasteiger partial charge in [0, 0.05) is 26.1 Å². The van der Waals surface area contributed by atoms with Crippen LogP contribution in [0.2, 0.25) is 0 Å². The summed E-state index contributed by atoms with van der Waals surface area (Å²) >= 11 is 0. The zero-order chi connectivity index (χ0) is 10.5. The Labute approximate surface area is 89.2 Å². The molecule has 3 aliphatic rings. The van der Waals surface area contributed by atoms with E-state index in [1.165, 1.54) is 19.3 Å². The van der Waals surface area contributed by atoms with E-state index >= 15 is 0 Å². The number of aliphatic carboxylic acids is 1. The number of nitrogens with zero attached hydrogens (tertiary/aromatic N) is 1. The van der Waals surface area contributed by atoms with Crippen molar-refractivity contribution < 1.29 is 14.6 Å². The molecule has 0 bridgehead atoms. The van der Waals surface area contributed by atoms with Crippen molar-refractivity contribution in [2.45, 2.75) is 31.2 Å². The predicted octanol–water partition coefficient (Wildman–Crippen LogP) is 0.716. The molecule has 1 saturated carbocycles. The van der Waals surface area contributed by atoms with Crippen LogP contribution in [0.25, 0.3) is 0 Å². The number of carbonyl (C=O) groups is 1. The van der Waals surface area contributed by atoms with E-state index in [0.29, 0.717) is 25.0 Å². The summed E-state index contributed by atoms with van der Waals surface area (Å²) < 4.78 is 5.28. The van der Waals surface area contributed by atoms with Crippen molar-refractivity contribution in [3.05, 3.63) is 0 Å². The molecule has 4 nitrogen and oxygen atoms in total. The molecule has 3 fully saturated rings. The Morgan fingerprint density at radius 1 is 1.27 bits per heavy atom. The van der Waals surface area contributed by atoms with Gasteiger partial charge in [-0.15, -0.1) is 0 Å². The van der Waals surface area contributed by atoms with Crippen LogP contribution >= 0.6 is 0 Å². The minimum Gasteiger partial charge on any atom is -0.480 e. The third-order valence-corrected chi connectivity index (χ3v) is 4.47. The van der Waals surface area contributed by atoms with Crippen molar-refractivity contribution >= 4 is 5.97 Å². The van der Waals surface area contributed by atoms with Crippen LogP contribution in [-0.2, 0) is 9.53 Å². The highest BCUT2D eigenvalue weighted by atomic mass is 16.5. The van der Waals surface area contributed by atoms with Gasteiger partial charge in [0.05, 0.1) is 6.61 Å². The van der Waals surface area contributed by atoms with Gasteiger partial charge in [-0.25, -0.2) is 0 Å². The van der Waals surface area contributed by atoms with Crippen LogP contribution in [-0.4, -0.2) is 47.8 Å². The highest BCUT2D eigenvalue weighted by molar-refractivity contribution is 5.79. The molecule has 4 heteroatoms. The molecule has 2 aliphatic heterocycles. The van der Waals surface area contributed by atoms with Crippen LogP contribution < -0.4 is 0 Å². The maximum absolute atomic E-state index is 11.4. The van der Waals surface area contributed by atoms with Crippen LogP contribution in [0, 0.1) is 5.41 Å². The van der Waals surface area contributed by atoms with E-state index in [4.69, 9.17) is 4.74 Å². The Morgan fingerprint density at radius 2 is 2.00 bits per heavy atom. The fourth-order valence-electron chi connectivity index (χ4n) is 3.17. The van der Waals surface area contributed by atoms with Gasteiger partial charge in [-0.1, -0.05) is 6.42 Å². The van der Waals surface area contributed by atoms with E-state index in [2.05, 4.69) is 4.90 Å². The topological polar surface area (TPSA) is 49.8 Å². The number of rotatable bonds is 2. The van der Waals surface area contributed by atoms with Gasteiger partial charge in [-0.05, 0) is 18.3 Å². The fourth-order valence-corrected chi connectivity index (χ4v) is 3.17. The molecule has 1 N–H and O–H groups in total. The molecule has 0 aromatic rings. The number of likely N-dealkylation sites (tertiary alicyclic amines) is 1. The Hall–Kier alpha value is -0.610. The van der Waals surface area contributed by atoms with Gasteiger partial charge in [0.2, 0.25) is 0 Å². The van der Waals surface area contributed by atoms with Crippen LogP contribution in [0.1, 0.15) is 25.7 Å². The number of carboxylic acid groups (broad SMARTS) is 1. The van der Waals surface area contributed by atoms with Crippen molar-refractivity contribution in [1.29, 1.82) is 0 Å². The molecule has 2 saturated heterocycles. The summed E-state index contributed by atoms with van der Waals surface area (Å²) in [4.78, 5) is 13.5. The summed E-state index contributed by atoms with van der Waals surface area (Å²) in [5.41, 5.74) is -0.202. The van der Waals surface area contributed by atoms with Crippen molar-refractivity contribution in [2.75, 3.05) is 26.3 Å². The molecule has 0 radical (unpaired) electrons. The summed E-state index contributed by atoms with van der Waals surface area (Å²) in [6, 6.07) is 0. The average Bonchev–Trinajstić information content (AvgIpc) is 2.48. The minimum atomic E-state index is -0.700. The van der Waals surface area contributed by atoms with Gasteiger partial charge in [0.25, 0.3) is 0 Å². The van der Waals surface area contributed by atoms with Gasteiger partial charge in [-0.2, -0.15) is 0 Å². The highest BCUT2D eigenvalue weighted by Crippen LogP contribution is 2.51. The zero-order valence-electron chi connectivity index (χ0n) is 8.87. The number of hydrogen-bond acceptors (Lipinski definition) is 3. The summed E-state index contributed by atoms with van der Waals surface area (Å²) in [6.07, 6.45) is 4.56. The second-order valence-corrected chi connectivity index (χ2v) is 5.35. The van der Waals surface area contributed by atoms with Crippen LogP contribution in [0.15, 0.2) is 0 Å². The molecule has 84 valence electrons. The Morgan fingerprint density at radius 3 is 2.40 bits per heavy atom. The van der Waals surface area contributed by atoms with Gasteiger partial charge >= 0.3 is 5.97 Å². The zero-order valence-corrected chi connectivity index (χ0v) is 8.87. The van der Waals surface area contributed by atoms with Gasteiger partial charge in [-0.3, -0.25) is 9.69 Å². The third kappa shape index (κ3) is 1.18. The smallest absolute Gasteiger partial charge is 0.326 e. The summed E-state index contributed by atoms with van der Waals surface area (Å²) in [5.74, 6) is -0.700. The minimum absolute atomic E-state index is 0.373. The summed E-state index contributed by atoms with van der Waals surface area (Å²) in [6.45, 7) is 2.92. The molecule has 1 unspecified atom stereocenters. The molecule has 15 heavy (non-hydrogen) atoms. The van der Waals surface area contributed by atoms with E-state index < -0.39 is 11.5 Å². The van der Waals surface area contributed by atoms with Crippen LogP contribution in [0.5, 0.6) is 0 Å². The van der Waals surface area contributed by atoms with E-state index in [1.54, 1.807) is 0 Å². The third-order valence-electron chi connectivity index (χ3n) is 4.47. The molecular weight excluding hydrogens is 194 g/mol. The van der Waals surface area contributed by atoms with Crippen molar-refractivity contribution in [3.63, 3.8) is 0 Å². The fraction of sp³-hybridized carbons (Fsp3) is 0.909.